The normalized spacial score (nSPS) is 14.1. The van der Waals surface area contributed by atoms with Crippen LogP contribution < -0.4 is 0 Å². The summed E-state index contributed by atoms with van der Waals surface area (Å²) >= 11 is 5.96. The van der Waals surface area contributed by atoms with E-state index in [-0.39, 0.29) is 5.75 Å². The highest BCUT2D eigenvalue weighted by atomic mass is 35.5. The Bertz CT molecular complexity index is 420. The quantitative estimate of drug-likeness (QED) is 0.775. The minimum absolute atomic E-state index is 0.264. The monoisotopic (exact) mass is 274 g/mol. The summed E-state index contributed by atoms with van der Waals surface area (Å²) in [6, 6.07) is 7.18. The zero-order valence-electron chi connectivity index (χ0n) is 9.81. The van der Waals surface area contributed by atoms with Crippen LogP contribution in [0.4, 0.5) is 0 Å². The molecule has 0 N–H and O–H groups in total. The van der Waals surface area contributed by atoms with E-state index in [0.29, 0.717) is 11.6 Å². The van der Waals surface area contributed by atoms with Crippen molar-refractivity contribution in [1.82, 2.24) is 0 Å². The van der Waals surface area contributed by atoms with Crippen LogP contribution in [0.5, 0.6) is 0 Å². The van der Waals surface area contributed by atoms with Crippen LogP contribution in [0.2, 0.25) is 5.02 Å². The van der Waals surface area contributed by atoms with Gasteiger partial charge < -0.3 is 4.74 Å². The third-order valence-electron chi connectivity index (χ3n) is 2.27. The number of carbonyl (C=O) groups is 1. The number of hydrogen-bond donors (Lipinski definition) is 0. The van der Waals surface area contributed by atoms with Crippen LogP contribution in [0.15, 0.2) is 24.3 Å². The Morgan fingerprint density at radius 3 is 2.71 bits per heavy atom. The molecule has 0 aromatic heterocycles. The summed E-state index contributed by atoms with van der Waals surface area (Å²) < 4.78 is 16.8. The third kappa shape index (κ3) is 4.13. The molecule has 17 heavy (non-hydrogen) atoms. The van der Waals surface area contributed by atoms with E-state index in [1.54, 1.807) is 26.0 Å². The van der Waals surface area contributed by atoms with Gasteiger partial charge in [-0.25, -0.2) is 0 Å². The molecule has 0 amide bonds. The van der Waals surface area contributed by atoms with Crippen molar-refractivity contribution in [1.29, 1.82) is 0 Å². The first-order valence-electron chi connectivity index (χ1n) is 5.33. The largest absolute Gasteiger partial charge is 0.465 e. The number of hydrogen-bond acceptors (Lipinski definition) is 3. The summed E-state index contributed by atoms with van der Waals surface area (Å²) in [5, 5.41) is -0.0665. The molecule has 0 spiro atoms. The molecule has 2 atom stereocenters. The van der Waals surface area contributed by atoms with Crippen molar-refractivity contribution in [3.8, 4) is 0 Å². The summed E-state index contributed by atoms with van der Waals surface area (Å²) in [6.45, 7) is 3.62. The fraction of sp³-hybridized carbons (Fsp3) is 0.417. The zero-order chi connectivity index (χ0) is 12.8. The maximum atomic E-state index is 11.9. The fourth-order valence-electron chi connectivity index (χ4n) is 1.26. The van der Waals surface area contributed by atoms with Gasteiger partial charge >= 0.3 is 5.97 Å². The SMILES string of the molecule is CCOC(=O)C(C)S(=O)Cc1ccccc1Cl. The number of halogens is 1. The topological polar surface area (TPSA) is 43.4 Å². The lowest BCUT2D eigenvalue weighted by Gasteiger charge is -2.11. The fourth-order valence-corrected chi connectivity index (χ4v) is 2.63. The molecule has 94 valence electrons. The van der Waals surface area contributed by atoms with Gasteiger partial charge in [0.05, 0.1) is 12.4 Å². The highest BCUT2D eigenvalue weighted by molar-refractivity contribution is 7.85. The first-order valence-corrected chi connectivity index (χ1v) is 7.09. The van der Waals surface area contributed by atoms with E-state index >= 15 is 0 Å². The average Bonchev–Trinajstić information content (AvgIpc) is 2.31. The van der Waals surface area contributed by atoms with Gasteiger partial charge in [-0.2, -0.15) is 0 Å². The van der Waals surface area contributed by atoms with Crippen LogP contribution in [0, 0.1) is 0 Å². The van der Waals surface area contributed by atoms with E-state index in [2.05, 4.69) is 0 Å². The third-order valence-corrected chi connectivity index (χ3v) is 4.21. The molecule has 0 bridgehead atoms. The van der Waals surface area contributed by atoms with Crippen LogP contribution in [-0.4, -0.2) is 22.0 Å². The van der Waals surface area contributed by atoms with Crippen LogP contribution >= 0.6 is 11.6 Å². The van der Waals surface area contributed by atoms with Crippen molar-refractivity contribution in [3.05, 3.63) is 34.9 Å². The minimum atomic E-state index is -1.32. The maximum absolute atomic E-state index is 11.9. The first-order chi connectivity index (χ1) is 8.06. The molecule has 1 aromatic carbocycles. The van der Waals surface area contributed by atoms with Gasteiger partial charge in [-0.15, -0.1) is 0 Å². The second-order valence-electron chi connectivity index (χ2n) is 3.51. The summed E-state index contributed by atoms with van der Waals surface area (Å²) in [5.74, 6) is -0.169. The number of ether oxygens (including phenoxy) is 1. The van der Waals surface area contributed by atoms with Gasteiger partial charge in [0.25, 0.3) is 0 Å². The lowest BCUT2D eigenvalue weighted by Crippen LogP contribution is -2.25. The predicted molar refractivity (Wildman–Crippen MR) is 69.4 cm³/mol. The molecule has 1 aromatic rings. The highest BCUT2D eigenvalue weighted by Gasteiger charge is 2.21. The van der Waals surface area contributed by atoms with Crippen LogP contribution in [0.1, 0.15) is 19.4 Å². The molecule has 0 saturated carbocycles. The van der Waals surface area contributed by atoms with Crippen molar-refractivity contribution in [3.63, 3.8) is 0 Å². The van der Waals surface area contributed by atoms with E-state index in [1.807, 2.05) is 12.1 Å². The van der Waals surface area contributed by atoms with E-state index in [9.17, 15) is 9.00 Å². The van der Waals surface area contributed by atoms with E-state index in [0.717, 1.165) is 5.56 Å². The van der Waals surface area contributed by atoms with Gasteiger partial charge in [-0.3, -0.25) is 9.00 Å². The van der Waals surface area contributed by atoms with Gasteiger partial charge in [-0.1, -0.05) is 29.8 Å². The van der Waals surface area contributed by atoms with Crippen LogP contribution in [-0.2, 0) is 26.1 Å². The Kier molecular flexibility index (Phi) is 5.65. The Balaban J connectivity index is 2.67. The van der Waals surface area contributed by atoms with Gasteiger partial charge in [-0.05, 0) is 25.5 Å². The smallest absolute Gasteiger partial charge is 0.321 e. The number of carbonyl (C=O) groups excluding carboxylic acids is 1. The Morgan fingerprint density at radius 1 is 1.47 bits per heavy atom. The van der Waals surface area contributed by atoms with Crippen LogP contribution in [0.3, 0.4) is 0 Å². The molecule has 3 nitrogen and oxygen atoms in total. The van der Waals surface area contributed by atoms with Crippen molar-refractivity contribution in [2.75, 3.05) is 6.61 Å². The molecule has 0 aliphatic rings. The summed E-state index contributed by atoms with van der Waals surface area (Å²) in [4.78, 5) is 11.4. The Hall–Kier alpha value is -0.870. The van der Waals surface area contributed by atoms with Crippen molar-refractivity contribution >= 4 is 28.4 Å². The second-order valence-corrected chi connectivity index (χ2v) is 5.68. The lowest BCUT2D eigenvalue weighted by atomic mass is 10.2. The molecule has 0 aliphatic heterocycles. The maximum Gasteiger partial charge on any atom is 0.321 e. The first kappa shape index (κ1) is 14.2. The second kappa shape index (κ2) is 6.77. The van der Waals surface area contributed by atoms with Gasteiger partial charge in [0, 0.05) is 15.8 Å². The number of benzene rings is 1. The molecule has 1 rings (SSSR count). The molecule has 0 heterocycles. The predicted octanol–water partition coefficient (Wildman–Crippen LogP) is 2.54. The number of esters is 1. The zero-order valence-corrected chi connectivity index (χ0v) is 11.4. The van der Waals surface area contributed by atoms with Crippen molar-refractivity contribution < 1.29 is 13.7 Å². The Labute approximate surface area is 109 Å². The average molecular weight is 275 g/mol. The summed E-state index contributed by atoms with van der Waals surface area (Å²) in [7, 11) is -1.32. The molecule has 2 unspecified atom stereocenters. The summed E-state index contributed by atoms with van der Waals surface area (Å²) in [5.41, 5.74) is 0.781. The number of rotatable bonds is 5. The molecule has 0 fully saturated rings. The Morgan fingerprint density at radius 2 is 2.12 bits per heavy atom. The van der Waals surface area contributed by atoms with Gasteiger partial charge in [0.15, 0.2) is 0 Å². The van der Waals surface area contributed by atoms with E-state index in [1.165, 1.54) is 0 Å². The van der Waals surface area contributed by atoms with E-state index < -0.39 is 22.0 Å². The van der Waals surface area contributed by atoms with Gasteiger partial charge in [0.2, 0.25) is 0 Å². The van der Waals surface area contributed by atoms with Crippen LogP contribution in [0.25, 0.3) is 0 Å². The standard InChI is InChI=1S/C12H15ClO3S/c1-3-16-12(14)9(2)17(15)8-10-6-4-5-7-11(10)13/h4-7,9H,3,8H2,1-2H3. The van der Waals surface area contributed by atoms with Gasteiger partial charge in [0.1, 0.15) is 5.25 Å². The summed E-state index contributed by atoms with van der Waals surface area (Å²) in [6.07, 6.45) is 0. The highest BCUT2D eigenvalue weighted by Crippen LogP contribution is 2.18. The van der Waals surface area contributed by atoms with Crippen molar-refractivity contribution in [2.24, 2.45) is 0 Å². The lowest BCUT2D eigenvalue weighted by molar-refractivity contribution is -0.142. The molecule has 5 heteroatoms. The van der Waals surface area contributed by atoms with Crippen molar-refractivity contribution in [2.45, 2.75) is 24.9 Å². The van der Waals surface area contributed by atoms with E-state index in [4.69, 9.17) is 16.3 Å². The minimum Gasteiger partial charge on any atom is -0.465 e. The molecular weight excluding hydrogens is 260 g/mol. The molecule has 0 aliphatic carbocycles. The molecule has 0 saturated heterocycles. The molecule has 0 radical (unpaired) electrons. The molecular formula is C12H15ClO3S.